The van der Waals surface area contributed by atoms with Gasteiger partial charge in [0.15, 0.2) is 0 Å². The first-order valence-electron chi connectivity index (χ1n) is 6.36. The van der Waals surface area contributed by atoms with Crippen LogP contribution in [0.2, 0.25) is 0 Å². The minimum absolute atomic E-state index is 0.162. The van der Waals surface area contributed by atoms with Crippen molar-refractivity contribution in [1.82, 2.24) is 0 Å². The maximum atomic E-state index is 9.91. The highest BCUT2D eigenvalue weighted by molar-refractivity contribution is 5.60. The Morgan fingerprint density at radius 3 is 2.57 bits per heavy atom. The van der Waals surface area contributed by atoms with Crippen molar-refractivity contribution in [3.8, 4) is 23.3 Å². The summed E-state index contributed by atoms with van der Waals surface area (Å²) in [6.07, 6.45) is 0. The van der Waals surface area contributed by atoms with E-state index in [1.54, 1.807) is 50.6 Å². The average Bonchev–Trinajstić information content (AvgIpc) is 2.53. The number of phenolic OH excluding ortho intramolecular Hbond substituents is 1. The summed E-state index contributed by atoms with van der Waals surface area (Å²) in [5, 5.41) is 22.0. The molecule has 0 unspecified atom stereocenters. The molecule has 0 bridgehead atoms. The Morgan fingerprint density at radius 1 is 1.14 bits per heavy atom. The van der Waals surface area contributed by atoms with E-state index in [0.717, 1.165) is 11.3 Å². The fourth-order valence-corrected chi connectivity index (χ4v) is 1.92. The second-order valence-electron chi connectivity index (χ2n) is 4.38. The monoisotopic (exact) mass is 284 g/mol. The Bertz CT molecular complexity index is 678. The number of nitrogens with zero attached hydrogens (tertiary/aromatic N) is 1. The topological polar surface area (TPSA) is 74.5 Å². The summed E-state index contributed by atoms with van der Waals surface area (Å²) in [7, 11) is 3.10. The van der Waals surface area contributed by atoms with Gasteiger partial charge in [0.05, 0.1) is 31.5 Å². The molecule has 0 saturated heterocycles. The highest BCUT2D eigenvalue weighted by Crippen LogP contribution is 2.28. The van der Waals surface area contributed by atoms with Gasteiger partial charge in [0, 0.05) is 24.2 Å². The van der Waals surface area contributed by atoms with E-state index in [-0.39, 0.29) is 5.75 Å². The molecule has 0 fully saturated rings. The van der Waals surface area contributed by atoms with Crippen LogP contribution in [-0.4, -0.2) is 19.3 Å². The molecular formula is C16H16N2O3. The molecule has 0 aliphatic rings. The molecule has 0 heterocycles. The van der Waals surface area contributed by atoms with Crippen molar-refractivity contribution in [1.29, 1.82) is 5.26 Å². The summed E-state index contributed by atoms with van der Waals surface area (Å²) < 4.78 is 10.3. The van der Waals surface area contributed by atoms with Gasteiger partial charge in [-0.2, -0.15) is 5.26 Å². The van der Waals surface area contributed by atoms with Crippen LogP contribution in [0.5, 0.6) is 17.2 Å². The van der Waals surface area contributed by atoms with E-state index in [2.05, 4.69) is 11.4 Å². The van der Waals surface area contributed by atoms with Gasteiger partial charge in [0.1, 0.15) is 17.2 Å². The number of phenols is 1. The average molecular weight is 284 g/mol. The molecule has 0 saturated carbocycles. The van der Waals surface area contributed by atoms with E-state index in [0.29, 0.717) is 23.6 Å². The van der Waals surface area contributed by atoms with Crippen molar-refractivity contribution in [2.75, 3.05) is 19.5 Å². The van der Waals surface area contributed by atoms with E-state index in [1.807, 2.05) is 0 Å². The van der Waals surface area contributed by atoms with Gasteiger partial charge < -0.3 is 19.9 Å². The first kappa shape index (κ1) is 14.5. The fourth-order valence-electron chi connectivity index (χ4n) is 1.92. The third-order valence-electron chi connectivity index (χ3n) is 3.09. The summed E-state index contributed by atoms with van der Waals surface area (Å²) >= 11 is 0. The number of anilines is 1. The van der Waals surface area contributed by atoms with Gasteiger partial charge in [0.2, 0.25) is 0 Å². The molecule has 0 aromatic heterocycles. The van der Waals surface area contributed by atoms with Crippen LogP contribution in [0.25, 0.3) is 0 Å². The third kappa shape index (κ3) is 3.37. The van der Waals surface area contributed by atoms with Crippen LogP contribution in [0.4, 0.5) is 5.69 Å². The highest BCUT2D eigenvalue weighted by Gasteiger charge is 2.07. The van der Waals surface area contributed by atoms with Crippen molar-refractivity contribution >= 4 is 5.69 Å². The first-order valence-corrected chi connectivity index (χ1v) is 6.36. The lowest BCUT2D eigenvalue weighted by molar-refractivity contribution is 0.406. The molecule has 21 heavy (non-hydrogen) atoms. The quantitative estimate of drug-likeness (QED) is 0.883. The zero-order valence-electron chi connectivity index (χ0n) is 11.9. The zero-order chi connectivity index (χ0) is 15.2. The highest BCUT2D eigenvalue weighted by atomic mass is 16.5. The van der Waals surface area contributed by atoms with Gasteiger partial charge in [-0.25, -0.2) is 0 Å². The predicted molar refractivity (Wildman–Crippen MR) is 79.7 cm³/mol. The molecule has 2 aromatic carbocycles. The molecular weight excluding hydrogens is 268 g/mol. The van der Waals surface area contributed by atoms with E-state index < -0.39 is 0 Å². The maximum absolute atomic E-state index is 9.91. The summed E-state index contributed by atoms with van der Waals surface area (Å²) in [4.78, 5) is 0. The molecule has 0 spiro atoms. The van der Waals surface area contributed by atoms with Crippen molar-refractivity contribution in [2.24, 2.45) is 0 Å². The molecule has 5 nitrogen and oxygen atoms in total. The second-order valence-corrected chi connectivity index (χ2v) is 4.38. The molecule has 2 rings (SSSR count). The Kier molecular flexibility index (Phi) is 4.52. The number of hydrogen-bond acceptors (Lipinski definition) is 5. The first-order chi connectivity index (χ1) is 10.2. The molecule has 2 N–H and O–H groups in total. The number of hydrogen-bond donors (Lipinski definition) is 2. The molecule has 0 radical (unpaired) electrons. The van der Waals surface area contributed by atoms with Crippen molar-refractivity contribution in [3.63, 3.8) is 0 Å². The summed E-state index contributed by atoms with van der Waals surface area (Å²) in [6.45, 7) is 0.429. The number of nitrogens with one attached hydrogen (secondary N) is 1. The molecule has 0 aliphatic carbocycles. The third-order valence-corrected chi connectivity index (χ3v) is 3.09. The van der Waals surface area contributed by atoms with E-state index in [9.17, 15) is 5.11 Å². The van der Waals surface area contributed by atoms with Gasteiger partial charge in [-0.3, -0.25) is 0 Å². The van der Waals surface area contributed by atoms with Crippen LogP contribution in [0.3, 0.4) is 0 Å². The summed E-state index contributed by atoms with van der Waals surface area (Å²) in [6, 6.07) is 12.3. The lowest BCUT2D eigenvalue weighted by Gasteiger charge is -2.12. The lowest BCUT2D eigenvalue weighted by Crippen LogP contribution is -2.02. The number of methoxy groups -OCH3 is 2. The molecule has 108 valence electrons. The Hall–Kier alpha value is -2.87. The largest absolute Gasteiger partial charge is 0.507 e. The van der Waals surface area contributed by atoms with Crippen LogP contribution >= 0.6 is 0 Å². The van der Waals surface area contributed by atoms with Gasteiger partial charge in [-0.15, -0.1) is 0 Å². The number of rotatable bonds is 5. The molecule has 5 heteroatoms. The van der Waals surface area contributed by atoms with Crippen LogP contribution in [0.1, 0.15) is 11.1 Å². The van der Waals surface area contributed by atoms with Crippen molar-refractivity contribution in [3.05, 3.63) is 47.5 Å². The molecule has 0 amide bonds. The summed E-state index contributed by atoms with van der Waals surface area (Å²) in [5.41, 5.74) is 2.03. The number of aromatic hydroxyl groups is 1. The summed E-state index contributed by atoms with van der Waals surface area (Å²) in [5.74, 6) is 1.35. The van der Waals surface area contributed by atoms with Crippen molar-refractivity contribution < 1.29 is 14.6 Å². The van der Waals surface area contributed by atoms with Crippen molar-refractivity contribution in [2.45, 2.75) is 6.54 Å². The Labute approximate surface area is 123 Å². The molecule has 0 aliphatic heterocycles. The normalized spacial score (nSPS) is 9.76. The van der Waals surface area contributed by atoms with Crippen LogP contribution in [0.15, 0.2) is 36.4 Å². The maximum Gasteiger partial charge on any atom is 0.143 e. The van der Waals surface area contributed by atoms with E-state index >= 15 is 0 Å². The smallest absolute Gasteiger partial charge is 0.143 e. The molecule has 2 aromatic rings. The zero-order valence-corrected chi connectivity index (χ0v) is 11.9. The van der Waals surface area contributed by atoms with E-state index in [1.165, 1.54) is 0 Å². The minimum Gasteiger partial charge on any atom is -0.507 e. The second kappa shape index (κ2) is 6.53. The number of benzene rings is 2. The Balaban J connectivity index is 2.15. The fraction of sp³-hybridized carbons (Fsp3) is 0.188. The van der Waals surface area contributed by atoms with Crippen LogP contribution in [0, 0.1) is 11.3 Å². The van der Waals surface area contributed by atoms with Crippen LogP contribution in [-0.2, 0) is 6.54 Å². The number of ether oxygens (including phenoxy) is 2. The van der Waals surface area contributed by atoms with Gasteiger partial charge in [0.25, 0.3) is 0 Å². The van der Waals surface area contributed by atoms with Gasteiger partial charge in [-0.1, -0.05) is 0 Å². The van der Waals surface area contributed by atoms with Gasteiger partial charge in [-0.05, 0) is 24.3 Å². The molecule has 0 atom stereocenters. The van der Waals surface area contributed by atoms with E-state index in [4.69, 9.17) is 14.7 Å². The minimum atomic E-state index is 0.162. The van der Waals surface area contributed by atoms with Gasteiger partial charge >= 0.3 is 0 Å². The standard InChI is InChI=1S/C16H16N2O3/c1-20-13-5-4-12(15(19)8-13)10-18-14-6-3-11(9-17)7-16(14)21-2/h3-8,18-19H,10H2,1-2H3. The number of nitriles is 1. The predicted octanol–water partition coefficient (Wildman–Crippen LogP) is 2.89. The lowest BCUT2D eigenvalue weighted by atomic mass is 10.1. The SMILES string of the molecule is COc1ccc(CNc2ccc(C#N)cc2OC)c(O)c1. The Morgan fingerprint density at radius 2 is 1.95 bits per heavy atom. The van der Waals surface area contributed by atoms with Crippen LogP contribution < -0.4 is 14.8 Å².